The lowest BCUT2D eigenvalue weighted by atomic mass is 9.83. The van der Waals surface area contributed by atoms with Gasteiger partial charge in [0, 0.05) is 7.11 Å². The van der Waals surface area contributed by atoms with E-state index < -0.39 is 0 Å². The number of aryl methyl sites for hydroxylation is 1. The molecule has 0 fully saturated rings. The quantitative estimate of drug-likeness (QED) is 0.762. The van der Waals surface area contributed by atoms with E-state index in [2.05, 4.69) is 57.3 Å². The first kappa shape index (κ1) is 16.2. The molecule has 1 aromatic rings. The van der Waals surface area contributed by atoms with Gasteiger partial charge < -0.3 is 10.1 Å². The van der Waals surface area contributed by atoms with Gasteiger partial charge in [-0.2, -0.15) is 0 Å². The van der Waals surface area contributed by atoms with E-state index in [0.29, 0.717) is 0 Å². The molecule has 0 spiro atoms. The van der Waals surface area contributed by atoms with Crippen molar-refractivity contribution in [3.05, 3.63) is 35.4 Å². The number of nitrogens with one attached hydrogen (secondary N) is 1. The molecule has 108 valence electrons. The molecule has 0 aliphatic rings. The van der Waals surface area contributed by atoms with E-state index >= 15 is 0 Å². The number of rotatable bonds is 8. The van der Waals surface area contributed by atoms with Crippen molar-refractivity contribution in [2.45, 2.75) is 58.6 Å². The Hall–Kier alpha value is -0.860. The van der Waals surface area contributed by atoms with E-state index in [1.807, 2.05) is 7.11 Å². The summed E-state index contributed by atoms with van der Waals surface area (Å²) in [4.78, 5) is 0. The van der Waals surface area contributed by atoms with Gasteiger partial charge in [-0.05, 0) is 36.9 Å². The second kappa shape index (κ2) is 7.66. The number of likely N-dealkylation sites (N-methyl/N-ethyl adjacent to an activating group) is 1. The summed E-state index contributed by atoms with van der Waals surface area (Å²) in [5, 5.41) is 3.62. The molecule has 0 bridgehead atoms. The molecule has 0 saturated heterocycles. The molecule has 1 atom stereocenters. The fourth-order valence-electron chi connectivity index (χ4n) is 2.87. The Morgan fingerprint density at radius 1 is 1.16 bits per heavy atom. The molecule has 0 aromatic heterocycles. The molecule has 1 aromatic carbocycles. The summed E-state index contributed by atoms with van der Waals surface area (Å²) in [7, 11) is 1.83. The van der Waals surface area contributed by atoms with E-state index in [1.165, 1.54) is 11.1 Å². The summed E-state index contributed by atoms with van der Waals surface area (Å²) in [5.74, 6) is 0. The second-order valence-corrected chi connectivity index (χ2v) is 5.07. The van der Waals surface area contributed by atoms with Crippen LogP contribution in [-0.4, -0.2) is 19.3 Å². The third-order valence-electron chi connectivity index (χ3n) is 4.23. The summed E-state index contributed by atoms with van der Waals surface area (Å²) in [6.07, 6.45) is 3.09. The topological polar surface area (TPSA) is 21.3 Å². The van der Waals surface area contributed by atoms with Gasteiger partial charge in [-0.15, -0.1) is 0 Å². The van der Waals surface area contributed by atoms with Crippen molar-refractivity contribution in [3.63, 3.8) is 0 Å². The van der Waals surface area contributed by atoms with Crippen LogP contribution in [-0.2, 0) is 11.2 Å². The molecule has 1 rings (SSSR count). The van der Waals surface area contributed by atoms with Crippen molar-refractivity contribution >= 4 is 0 Å². The Bertz CT molecular complexity index is 363. The smallest absolute Gasteiger partial charge is 0.0867 e. The lowest BCUT2D eigenvalue weighted by Crippen LogP contribution is -2.44. The monoisotopic (exact) mass is 263 g/mol. The van der Waals surface area contributed by atoms with Crippen LogP contribution in [0.4, 0.5) is 0 Å². The van der Waals surface area contributed by atoms with Gasteiger partial charge in [0.05, 0.1) is 11.6 Å². The van der Waals surface area contributed by atoms with Crippen LogP contribution >= 0.6 is 0 Å². The zero-order chi connectivity index (χ0) is 14.3. The van der Waals surface area contributed by atoms with Crippen LogP contribution in [0.15, 0.2) is 24.3 Å². The highest BCUT2D eigenvalue weighted by Gasteiger charge is 2.36. The largest absolute Gasteiger partial charge is 0.376 e. The Morgan fingerprint density at radius 3 is 2.32 bits per heavy atom. The maximum absolute atomic E-state index is 5.92. The lowest BCUT2D eigenvalue weighted by Gasteiger charge is -2.39. The highest BCUT2D eigenvalue weighted by atomic mass is 16.5. The fraction of sp³-hybridized carbons (Fsp3) is 0.647. The summed E-state index contributed by atoms with van der Waals surface area (Å²) in [6, 6.07) is 9.13. The molecular weight excluding hydrogens is 234 g/mol. The second-order valence-electron chi connectivity index (χ2n) is 5.07. The predicted octanol–water partition coefficient (Wildman–Crippen LogP) is 4.10. The van der Waals surface area contributed by atoms with Crippen molar-refractivity contribution < 1.29 is 4.74 Å². The summed E-state index contributed by atoms with van der Waals surface area (Å²) >= 11 is 0. The van der Waals surface area contributed by atoms with Gasteiger partial charge in [-0.3, -0.25) is 0 Å². The minimum absolute atomic E-state index is 0.123. The zero-order valence-corrected chi connectivity index (χ0v) is 13.1. The molecule has 1 N–H and O–H groups in total. The number of hydrogen-bond donors (Lipinski definition) is 1. The molecule has 19 heavy (non-hydrogen) atoms. The Labute approximate surface area is 118 Å². The molecule has 1 unspecified atom stereocenters. The number of ether oxygens (including phenoxy) is 1. The first-order valence-corrected chi connectivity index (χ1v) is 7.54. The molecule has 2 nitrogen and oxygen atoms in total. The van der Waals surface area contributed by atoms with Crippen molar-refractivity contribution in [1.29, 1.82) is 0 Å². The molecule has 0 amide bonds. The fourth-order valence-corrected chi connectivity index (χ4v) is 2.87. The Morgan fingerprint density at radius 2 is 1.84 bits per heavy atom. The Balaban J connectivity index is 3.17. The van der Waals surface area contributed by atoms with E-state index in [9.17, 15) is 0 Å². The van der Waals surface area contributed by atoms with Crippen molar-refractivity contribution in [2.75, 3.05) is 13.7 Å². The third kappa shape index (κ3) is 3.58. The van der Waals surface area contributed by atoms with Crippen LogP contribution in [0.1, 0.15) is 57.7 Å². The van der Waals surface area contributed by atoms with Crippen molar-refractivity contribution in [2.24, 2.45) is 0 Å². The predicted molar refractivity (Wildman–Crippen MR) is 82.6 cm³/mol. The van der Waals surface area contributed by atoms with Crippen LogP contribution in [0, 0.1) is 0 Å². The normalized spacial score (nSPS) is 13.5. The molecule has 0 aliphatic carbocycles. The van der Waals surface area contributed by atoms with Crippen LogP contribution in [0.5, 0.6) is 0 Å². The van der Waals surface area contributed by atoms with Gasteiger partial charge in [-0.1, -0.05) is 52.0 Å². The minimum atomic E-state index is -0.123. The van der Waals surface area contributed by atoms with Gasteiger partial charge in [0.1, 0.15) is 0 Å². The highest BCUT2D eigenvalue weighted by molar-refractivity contribution is 5.28. The maximum Gasteiger partial charge on any atom is 0.0867 e. The average Bonchev–Trinajstić information content (AvgIpc) is 2.48. The Kier molecular flexibility index (Phi) is 6.53. The average molecular weight is 263 g/mol. The number of methoxy groups -OCH3 is 1. The standard InChI is InChI=1S/C17H29NO/c1-6-14-11-10-12-15(13-14)16(18-9-4)17(7-2,8-3)19-5/h10-13,16,18H,6-9H2,1-5H3. The van der Waals surface area contributed by atoms with Crippen LogP contribution < -0.4 is 5.32 Å². The van der Waals surface area contributed by atoms with Gasteiger partial charge in [0.15, 0.2) is 0 Å². The first-order chi connectivity index (χ1) is 9.17. The van der Waals surface area contributed by atoms with E-state index in [4.69, 9.17) is 4.74 Å². The number of hydrogen-bond acceptors (Lipinski definition) is 2. The molecule has 2 heteroatoms. The third-order valence-corrected chi connectivity index (χ3v) is 4.23. The summed E-state index contributed by atoms with van der Waals surface area (Å²) in [5.41, 5.74) is 2.60. The molecule has 0 radical (unpaired) electrons. The zero-order valence-electron chi connectivity index (χ0n) is 13.1. The number of benzene rings is 1. The maximum atomic E-state index is 5.92. The van der Waals surface area contributed by atoms with Gasteiger partial charge in [-0.25, -0.2) is 0 Å². The SMILES string of the molecule is CCNC(c1cccc(CC)c1)C(CC)(CC)OC. The minimum Gasteiger partial charge on any atom is -0.376 e. The van der Waals surface area contributed by atoms with Gasteiger partial charge >= 0.3 is 0 Å². The lowest BCUT2D eigenvalue weighted by molar-refractivity contribution is -0.0482. The highest BCUT2D eigenvalue weighted by Crippen LogP contribution is 2.35. The van der Waals surface area contributed by atoms with Gasteiger partial charge in [0.25, 0.3) is 0 Å². The molecular formula is C17H29NO. The van der Waals surface area contributed by atoms with Crippen molar-refractivity contribution in [3.8, 4) is 0 Å². The van der Waals surface area contributed by atoms with Crippen LogP contribution in [0.25, 0.3) is 0 Å². The van der Waals surface area contributed by atoms with Crippen LogP contribution in [0.3, 0.4) is 0 Å². The first-order valence-electron chi connectivity index (χ1n) is 7.54. The van der Waals surface area contributed by atoms with Gasteiger partial charge in [0.2, 0.25) is 0 Å². The summed E-state index contributed by atoms with van der Waals surface area (Å²) in [6.45, 7) is 9.72. The van der Waals surface area contributed by atoms with E-state index in [1.54, 1.807) is 0 Å². The molecule has 0 aliphatic heterocycles. The van der Waals surface area contributed by atoms with E-state index in [-0.39, 0.29) is 11.6 Å². The molecule has 0 saturated carbocycles. The summed E-state index contributed by atoms with van der Waals surface area (Å²) < 4.78 is 5.92. The van der Waals surface area contributed by atoms with Crippen LogP contribution in [0.2, 0.25) is 0 Å². The molecule has 0 heterocycles. The van der Waals surface area contributed by atoms with Crippen molar-refractivity contribution in [1.82, 2.24) is 5.32 Å². The van der Waals surface area contributed by atoms with E-state index in [0.717, 1.165) is 25.8 Å².